The third-order valence-electron chi connectivity index (χ3n) is 4.26. The van der Waals surface area contributed by atoms with Crippen LogP contribution in [0.3, 0.4) is 0 Å². The van der Waals surface area contributed by atoms with E-state index < -0.39 is 0 Å². The van der Waals surface area contributed by atoms with Crippen LogP contribution in [0, 0.1) is 0 Å². The Kier molecular flexibility index (Phi) is 5.90. The second kappa shape index (κ2) is 8.53. The van der Waals surface area contributed by atoms with Gasteiger partial charge in [-0.25, -0.2) is 0 Å². The van der Waals surface area contributed by atoms with E-state index in [-0.39, 0.29) is 18.6 Å². The van der Waals surface area contributed by atoms with Gasteiger partial charge in [-0.1, -0.05) is 30.3 Å². The number of hydrogen-bond donors (Lipinski definition) is 1. The Labute approximate surface area is 148 Å². The first-order valence-electron chi connectivity index (χ1n) is 8.62. The van der Waals surface area contributed by atoms with Gasteiger partial charge in [-0.05, 0) is 36.8 Å². The van der Waals surface area contributed by atoms with Gasteiger partial charge in [-0.2, -0.15) is 0 Å². The lowest BCUT2D eigenvalue weighted by Gasteiger charge is -2.33. The summed E-state index contributed by atoms with van der Waals surface area (Å²) < 4.78 is 11.4. The lowest BCUT2D eigenvalue weighted by molar-refractivity contribution is -0.136. The number of piperazine rings is 1. The molecule has 0 saturated carbocycles. The Balaban J connectivity index is 1.46. The number of amides is 1. The average Bonchev–Trinajstić information content (AvgIpc) is 2.66. The Hall–Kier alpha value is -2.53. The topological polar surface area (TPSA) is 50.8 Å². The Morgan fingerprint density at radius 1 is 1.08 bits per heavy atom. The molecular formula is C20H24N2O3. The molecule has 1 aliphatic rings. The van der Waals surface area contributed by atoms with Gasteiger partial charge in [-0.3, -0.25) is 4.79 Å². The summed E-state index contributed by atoms with van der Waals surface area (Å²) in [6, 6.07) is 17.6. The maximum absolute atomic E-state index is 12.3. The number of carbonyl (C=O) groups excluding carboxylic acids is 1. The molecule has 1 saturated heterocycles. The van der Waals surface area contributed by atoms with Gasteiger partial charge in [0.25, 0.3) is 5.91 Å². The highest BCUT2D eigenvalue weighted by Gasteiger charge is 2.23. The molecule has 1 N–H and O–H groups in total. The molecule has 132 valence electrons. The van der Waals surface area contributed by atoms with Crippen molar-refractivity contribution in [3.63, 3.8) is 0 Å². The first-order valence-corrected chi connectivity index (χ1v) is 8.62. The summed E-state index contributed by atoms with van der Waals surface area (Å²) in [6.45, 7) is 5.04. The normalized spacial score (nSPS) is 17.2. The quantitative estimate of drug-likeness (QED) is 0.878. The summed E-state index contributed by atoms with van der Waals surface area (Å²) in [5.74, 6) is 1.47. The van der Waals surface area contributed by atoms with E-state index in [9.17, 15) is 4.79 Å². The molecule has 1 aliphatic heterocycles. The lowest BCUT2D eigenvalue weighted by Crippen LogP contribution is -2.53. The van der Waals surface area contributed by atoms with Crippen molar-refractivity contribution >= 4 is 5.91 Å². The molecule has 0 spiro atoms. The minimum atomic E-state index is 0.0263. The maximum atomic E-state index is 12.3. The number of nitrogens with one attached hydrogen (secondary N) is 1. The van der Waals surface area contributed by atoms with Gasteiger partial charge in [0.05, 0.1) is 0 Å². The molecular weight excluding hydrogens is 316 g/mol. The fraction of sp³-hybridized carbons (Fsp3) is 0.350. The number of carbonyl (C=O) groups is 1. The molecule has 0 bridgehead atoms. The van der Waals surface area contributed by atoms with Crippen molar-refractivity contribution < 1.29 is 14.3 Å². The monoisotopic (exact) mass is 340 g/mol. The van der Waals surface area contributed by atoms with Crippen molar-refractivity contribution in [2.45, 2.75) is 19.6 Å². The van der Waals surface area contributed by atoms with Crippen LogP contribution in [-0.4, -0.2) is 43.1 Å². The maximum Gasteiger partial charge on any atom is 0.260 e. The molecule has 0 radical (unpaired) electrons. The summed E-state index contributed by atoms with van der Waals surface area (Å²) in [6.07, 6.45) is 0. The van der Waals surface area contributed by atoms with Crippen LogP contribution in [0.1, 0.15) is 12.5 Å². The van der Waals surface area contributed by atoms with Gasteiger partial charge in [0.1, 0.15) is 18.1 Å². The van der Waals surface area contributed by atoms with Gasteiger partial charge < -0.3 is 19.7 Å². The number of ether oxygens (including phenoxy) is 2. The fourth-order valence-corrected chi connectivity index (χ4v) is 2.81. The molecule has 1 atom stereocenters. The van der Waals surface area contributed by atoms with Gasteiger partial charge in [0.15, 0.2) is 6.61 Å². The zero-order valence-corrected chi connectivity index (χ0v) is 14.5. The first kappa shape index (κ1) is 17.3. The number of hydrogen-bond acceptors (Lipinski definition) is 4. The fourth-order valence-electron chi connectivity index (χ4n) is 2.81. The third-order valence-corrected chi connectivity index (χ3v) is 4.26. The van der Waals surface area contributed by atoms with Crippen molar-refractivity contribution in [3.8, 4) is 11.5 Å². The molecule has 5 nitrogen and oxygen atoms in total. The lowest BCUT2D eigenvalue weighted by atomic mass is 10.2. The number of benzene rings is 2. The first-order chi connectivity index (χ1) is 12.2. The predicted molar refractivity (Wildman–Crippen MR) is 96.8 cm³/mol. The van der Waals surface area contributed by atoms with E-state index in [0.29, 0.717) is 12.4 Å². The minimum absolute atomic E-state index is 0.0263. The highest BCUT2D eigenvalue weighted by molar-refractivity contribution is 5.78. The molecule has 1 fully saturated rings. The van der Waals surface area contributed by atoms with Gasteiger partial charge in [0, 0.05) is 25.7 Å². The molecule has 2 aromatic rings. The van der Waals surface area contributed by atoms with E-state index in [4.69, 9.17) is 9.47 Å². The Morgan fingerprint density at radius 3 is 2.44 bits per heavy atom. The van der Waals surface area contributed by atoms with Crippen LogP contribution in [0.4, 0.5) is 0 Å². The zero-order chi connectivity index (χ0) is 17.5. The average molecular weight is 340 g/mol. The molecule has 25 heavy (non-hydrogen) atoms. The molecule has 1 heterocycles. The Bertz CT molecular complexity index is 673. The summed E-state index contributed by atoms with van der Waals surface area (Å²) in [7, 11) is 0. The second-order valence-electron chi connectivity index (χ2n) is 6.17. The van der Waals surface area contributed by atoms with E-state index in [2.05, 4.69) is 5.32 Å². The van der Waals surface area contributed by atoms with E-state index >= 15 is 0 Å². The van der Waals surface area contributed by atoms with Crippen molar-refractivity contribution in [3.05, 3.63) is 60.2 Å². The highest BCUT2D eigenvalue weighted by atomic mass is 16.5. The molecule has 2 aromatic carbocycles. The SMILES string of the molecule is CC1CNCCN1C(=O)COc1ccc(OCc2ccccc2)cc1. The molecule has 3 rings (SSSR count). The third kappa shape index (κ3) is 4.97. The van der Waals surface area contributed by atoms with Crippen LogP contribution in [0.25, 0.3) is 0 Å². The van der Waals surface area contributed by atoms with Gasteiger partial charge in [-0.15, -0.1) is 0 Å². The van der Waals surface area contributed by atoms with E-state index in [1.54, 1.807) is 0 Å². The molecule has 0 aliphatic carbocycles. The van der Waals surface area contributed by atoms with E-state index in [1.807, 2.05) is 66.4 Å². The highest BCUT2D eigenvalue weighted by Crippen LogP contribution is 2.19. The van der Waals surface area contributed by atoms with Gasteiger partial charge >= 0.3 is 0 Å². The van der Waals surface area contributed by atoms with Crippen molar-refractivity contribution in [1.82, 2.24) is 10.2 Å². The smallest absolute Gasteiger partial charge is 0.260 e. The van der Waals surface area contributed by atoms with Crippen LogP contribution in [0.2, 0.25) is 0 Å². The van der Waals surface area contributed by atoms with Crippen molar-refractivity contribution in [2.75, 3.05) is 26.2 Å². The van der Waals surface area contributed by atoms with Crippen LogP contribution in [0.5, 0.6) is 11.5 Å². The largest absolute Gasteiger partial charge is 0.489 e. The van der Waals surface area contributed by atoms with Crippen LogP contribution < -0.4 is 14.8 Å². The molecule has 0 aromatic heterocycles. The standard InChI is InChI=1S/C20H24N2O3/c1-16-13-21-11-12-22(16)20(23)15-25-19-9-7-18(8-10-19)24-14-17-5-3-2-4-6-17/h2-10,16,21H,11-15H2,1H3. The summed E-state index contributed by atoms with van der Waals surface area (Å²) in [4.78, 5) is 14.1. The predicted octanol–water partition coefficient (Wildman–Crippen LogP) is 2.46. The number of nitrogens with zero attached hydrogens (tertiary/aromatic N) is 1. The van der Waals surface area contributed by atoms with E-state index in [1.165, 1.54) is 0 Å². The van der Waals surface area contributed by atoms with Crippen LogP contribution >= 0.6 is 0 Å². The molecule has 1 amide bonds. The number of rotatable bonds is 6. The van der Waals surface area contributed by atoms with Crippen LogP contribution in [0.15, 0.2) is 54.6 Å². The van der Waals surface area contributed by atoms with Crippen molar-refractivity contribution in [1.29, 1.82) is 0 Å². The summed E-state index contributed by atoms with van der Waals surface area (Å²) >= 11 is 0. The Morgan fingerprint density at radius 2 is 1.76 bits per heavy atom. The second-order valence-corrected chi connectivity index (χ2v) is 6.17. The molecule has 5 heteroatoms. The van der Waals surface area contributed by atoms with Gasteiger partial charge in [0.2, 0.25) is 0 Å². The minimum Gasteiger partial charge on any atom is -0.489 e. The zero-order valence-electron chi connectivity index (χ0n) is 14.5. The van der Waals surface area contributed by atoms with E-state index in [0.717, 1.165) is 30.9 Å². The van der Waals surface area contributed by atoms with Crippen molar-refractivity contribution in [2.24, 2.45) is 0 Å². The molecule has 1 unspecified atom stereocenters. The summed E-state index contributed by atoms with van der Waals surface area (Å²) in [5.41, 5.74) is 1.12. The summed E-state index contributed by atoms with van der Waals surface area (Å²) in [5, 5.41) is 3.27. The van der Waals surface area contributed by atoms with Crippen LogP contribution in [-0.2, 0) is 11.4 Å².